The molecular formula is C32H37NO5. The predicted molar refractivity (Wildman–Crippen MR) is 148 cm³/mol. The molecule has 0 radical (unpaired) electrons. The Labute approximate surface area is 224 Å². The van der Waals surface area contributed by atoms with Crippen LogP contribution in [0.25, 0.3) is 16.5 Å². The van der Waals surface area contributed by atoms with Gasteiger partial charge in [-0.2, -0.15) is 0 Å². The molecule has 3 aromatic rings. The lowest BCUT2D eigenvalue weighted by Crippen LogP contribution is -2.36. The number of para-hydroxylation sites is 1. The average Bonchev–Trinajstić information content (AvgIpc) is 3.32. The lowest BCUT2D eigenvalue weighted by Gasteiger charge is -2.41. The first kappa shape index (κ1) is 26.1. The number of benzene rings is 2. The van der Waals surface area contributed by atoms with Crippen LogP contribution < -0.4 is 5.32 Å². The van der Waals surface area contributed by atoms with Gasteiger partial charge in [-0.15, -0.1) is 0 Å². The van der Waals surface area contributed by atoms with Crippen LogP contribution in [0.4, 0.5) is 0 Å². The van der Waals surface area contributed by atoms with Crippen LogP contribution >= 0.6 is 0 Å². The summed E-state index contributed by atoms with van der Waals surface area (Å²) >= 11 is 0. The number of hydrogen-bond acceptors (Lipinski definition) is 4. The van der Waals surface area contributed by atoms with Crippen LogP contribution in [0.1, 0.15) is 73.6 Å². The van der Waals surface area contributed by atoms with Gasteiger partial charge in [-0.05, 0) is 61.5 Å². The summed E-state index contributed by atoms with van der Waals surface area (Å²) in [6.07, 6.45) is 7.59. The van der Waals surface area contributed by atoms with Crippen molar-refractivity contribution in [2.24, 2.45) is 17.8 Å². The molecule has 0 bridgehead atoms. The summed E-state index contributed by atoms with van der Waals surface area (Å²) in [4.78, 5) is 24.6. The smallest absolute Gasteiger partial charge is 0.341 e. The lowest BCUT2D eigenvalue weighted by molar-refractivity contribution is -0.140. The number of ether oxygens (including phenoxy) is 1. The molecule has 3 atom stereocenters. The van der Waals surface area contributed by atoms with E-state index < -0.39 is 5.97 Å². The molecular weight excluding hydrogens is 478 g/mol. The molecule has 0 aliphatic heterocycles. The number of unbranched alkanes of at least 4 members (excludes halogenated alkanes) is 1. The summed E-state index contributed by atoms with van der Waals surface area (Å²) < 4.78 is 11.9. The first-order valence-corrected chi connectivity index (χ1v) is 14.0. The van der Waals surface area contributed by atoms with Crippen molar-refractivity contribution < 1.29 is 23.8 Å². The topological polar surface area (TPSA) is 88.8 Å². The van der Waals surface area contributed by atoms with Crippen molar-refractivity contribution in [1.82, 2.24) is 5.32 Å². The molecule has 2 aliphatic carbocycles. The Bertz CT molecular complexity index is 1310. The minimum atomic E-state index is -0.949. The van der Waals surface area contributed by atoms with Crippen LogP contribution in [0, 0.1) is 17.8 Å². The molecule has 2 aromatic carbocycles. The highest BCUT2D eigenvalue weighted by atomic mass is 16.5. The lowest BCUT2D eigenvalue weighted by atomic mass is 9.65. The number of fused-ring (bicyclic) bond motifs is 2. The molecule has 0 saturated heterocycles. The van der Waals surface area contributed by atoms with E-state index in [1.54, 1.807) is 0 Å². The molecule has 200 valence electrons. The van der Waals surface area contributed by atoms with E-state index in [1.807, 2.05) is 42.5 Å². The summed E-state index contributed by atoms with van der Waals surface area (Å²) in [5.41, 5.74) is 3.76. The van der Waals surface area contributed by atoms with Gasteiger partial charge in [0.15, 0.2) is 6.61 Å². The molecule has 1 saturated carbocycles. The zero-order chi connectivity index (χ0) is 26.5. The molecule has 6 heteroatoms. The Morgan fingerprint density at radius 1 is 1.05 bits per heavy atom. The van der Waals surface area contributed by atoms with Crippen LogP contribution in [0.3, 0.4) is 0 Å². The second kappa shape index (κ2) is 11.9. The Morgan fingerprint density at radius 3 is 2.63 bits per heavy atom. The van der Waals surface area contributed by atoms with Crippen molar-refractivity contribution in [2.75, 3.05) is 13.2 Å². The van der Waals surface area contributed by atoms with Crippen molar-refractivity contribution in [3.05, 3.63) is 77.2 Å². The third-order valence-corrected chi connectivity index (χ3v) is 8.16. The number of furan rings is 1. The summed E-state index contributed by atoms with van der Waals surface area (Å²) in [6.45, 7) is 2.49. The largest absolute Gasteiger partial charge is 0.486 e. The number of nitrogens with one attached hydrogen (secondary N) is 1. The standard InChI is InChI=1S/C32H37NO5/c1-2-3-12-28-31(25-11-7-8-13-26(25)38-28)32(36)33-19-21-14-16-24-23(18-21)15-17-27(37-20-29(34)35)30(24)22-9-5-4-6-10-22/h4-11,13,21,23-24H,2-3,12,14-20H2,1H3,(H,33,36)(H,34,35). The molecule has 6 nitrogen and oxygen atoms in total. The molecule has 1 fully saturated rings. The quantitative estimate of drug-likeness (QED) is 0.308. The molecule has 0 spiro atoms. The maximum absolute atomic E-state index is 13.4. The highest BCUT2D eigenvalue weighted by molar-refractivity contribution is 6.07. The van der Waals surface area contributed by atoms with Gasteiger partial charge in [-0.1, -0.05) is 61.9 Å². The van der Waals surface area contributed by atoms with E-state index in [4.69, 9.17) is 9.15 Å². The van der Waals surface area contributed by atoms with Crippen LogP contribution in [0.15, 0.2) is 64.8 Å². The van der Waals surface area contributed by atoms with Gasteiger partial charge < -0.3 is 19.6 Å². The van der Waals surface area contributed by atoms with Gasteiger partial charge >= 0.3 is 5.97 Å². The van der Waals surface area contributed by atoms with Crippen LogP contribution in [0.2, 0.25) is 0 Å². The maximum atomic E-state index is 13.4. The first-order chi connectivity index (χ1) is 18.5. The summed E-state index contributed by atoms with van der Waals surface area (Å²) in [5, 5.41) is 13.3. The fourth-order valence-electron chi connectivity index (χ4n) is 6.38. The average molecular weight is 516 g/mol. The van der Waals surface area contributed by atoms with Crippen molar-refractivity contribution in [2.45, 2.75) is 58.3 Å². The van der Waals surface area contributed by atoms with Gasteiger partial charge in [0.25, 0.3) is 5.91 Å². The summed E-state index contributed by atoms with van der Waals surface area (Å²) in [6, 6.07) is 18.0. The number of allylic oxidation sites excluding steroid dienone is 2. The Kier molecular flexibility index (Phi) is 8.16. The third-order valence-electron chi connectivity index (χ3n) is 8.16. The number of carboxylic acid groups (broad SMARTS) is 1. The minimum Gasteiger partial charge on any atom is -0.486 e. The zero-order valence-corrected chi connectivity index (χ0v) is 22.1. The highest BCUT2D eigenvalue weighted by Crippen LogP contribution is 2.49. The molecule has 2 N–H and O–H groups in total. The Hall–Kier alpha value is -3.54. The monoisotopic (exact) mass is 515 g/mol. The van der Waals surface area contributed by atoms with Gasteiger partial charge in [0.2, 0.25) is 0 Å². The van der Waals surface area contributed by atoms with Crippen molar-refractivity contribution in [3.8, 4) is 0 Å². The van der Waals surface area contributed by atoms with Crippen LogP contribution in [0.5, 0.6) is 0 Å². The molecule has 38 heavy (non-hydrogen) atoms. The van der Waals surface area contributed by atoms with E-state index in [9.17, 15) is 14.7 Å². The summed E-state index contributed by atoms with van der Waals surface area (Å²) in [7, 11) is 0. The zero-order valence-electron chi connectivity index (χ0n) is 22.1. The van der Waals surface area contributed by atoms with Crippen LogP contribution in [-0.4, -0.2) is 30.1 Å². The predicted octanol–water partition coefficient (Wildman–Crippen LogP) is 6.84. The highest BCUT2D eigenvalue weighted by Gasteiger charge is 2.38. The number of carbonyl (C=O) groups is 2. The minimum absolute atomic E-state index is 0.0407. The molecule has 5 rings (SSSR count). The number of aryl methyl sites for hydroxylation is 1. The van der Waals surface area contributed by atoms with Gasteiger partial charge in [0, 0.05) is 30.3 Å². The van der Waals surface area contributed by atoms with Crippen molar-refractivity contribution in [1.29, 1.82) is 0 Å². The fraction of sp³-hybridized carbons (Fsp3) is 0.438. The van der Waals surface area contributed by atoms with E-state index in [-0.39, 0.29) is 12.5 Å². The number of rotatable bonds is 10. The SMILES string of the molecule is CCCCc1oc2ccccc2c1C(=O)NCC1CCC2C(c3ccccc3)=C(OCC(=O)O)CCC2C1. The first-order valence-electron chi connectivity index (χ1n) is 14.0. The maximum Gasteiger partial charge on any atom is 0.341 e. The van der Waals surface area contributed by atoms with Crippen molar-refractivity contribution >= 4 is 28.4 Å². The van der Waals surface area contributed by atoms with Gasteiger partial charge in [0.05, 0.1) is 5.56 Å². The summed E-state index contributed by atoms with van der Waals surface area (Å²) in [5.74, 6) is 1.88. The molecule has 1 aromatic heterocycles. The molecule has 1 amide bonds. The Balaban J connectivity index is 1.28. The molecule has 3 unspecified atom stereocenters. The van der Waals surface area contributed by atoms with Crippen LogP contribution in [-0.2, 0) is 16.0 Å². The third kappa shape index (κ3) is 5.64. The normalized spacial score (nSPS) is 21.2. The van der Waals surface area contributed by atoms with Crippen molar-refractivity contribution in [3.63, 3.8) is 0 Å². The molecule has 1 heterocycles. The van der Waals surface area contributed by atoms with E-state index in [2.05, 4.69) is 24.4 Å². The number of carbonyl (C=O) groups excluding carboxylic acids is 1. The number of carboxylic acids is 1. The Morgan fingerprint density at radius 2 is 1.84 bits per heavy atom. The molecule has 2 aliphatic rings. The second-order valence-electron chi connectivity index (χ2n) is 10.7. The van der Waals surface area contributed by atoms with E-state index in [0.717, 1.165) is 79.4 Å². The number of aliphatic carboxylic acids is 1. The van der Waals surface area contributed by atoms with E-state index in [1.165, 1.54) is 5.57 Å². The van der Waals surface area contributed by atoms with E-state index >= 15 is 0 Å². The second-order valence-corrected chi connectivity index (χ2v) is 10.7. The van der Waals surface area contributed by atoms with Gasteiger partial charge in [-0.3, -0.25) is 4.79 Å². The van der Waals surface area contributed by atoms with Gasteiger partial charge in [-0.25, -0.2) is 4.79 Å². The number of hydrogen-bond donors (Lipinski definition) is 2. The van der Waals surface area contributed by atoms with Gasteiger partial charge in [0.1, 0.15) is 17.1 Å². The van der Waals surface area contributed by atoms with E-state index in [0.29, 0.717) is 29.9 Å². The number of amides is 1. The fourth-order valence-corrected chi connectivity index (χ4v) is 6.38.